The van der Waals surface area contributed by atoms with Gasteiger partial charge in [0.05, 0.1) is 0 Å². The quantitative estimate of drug-likeness (QED) is 0.0262. The van der Waals surface area contributed by atoms with Crippen LogP contribution in [-0.2, 0) is 28.6 Å². The van der Waals surface area contributed by atoms with Crippen molar-refractivity contribution in [1.82, 2.24) is 0 Å². The molecule has 0 heterocycles. The molecule has 0 aliphatic heterocycles. The fourth-order valence-electron chi connectivity index (χ4n) is 9.21. The molecule has 67 heavy (non-hydrogen) atoms. The molecule has 6 nitrogen and oxygen atoms in total. The number of hydrogen-bond acceptors (Lipinski definition) is 6. The second kappa shape index (κ2) is 56.7. The number of ether oxygens (including phenoxy) is 3. The summed E-state index contributed by atoms with van der Waals surface area (Å²) >= 11 is 0. The predicted molar refractivity (Wildman–Crippen MR) is 289 cm³/mol. The fourth-order valence-corrected chi connectivity index (χ4v) is 9.21. The van der Waals surface area contributed by atoms with Crippen LogP contribution in [0.3, 0.4) is 0 Å². The summed E-state index contributed by atoms with van der Waals surface area (Å²) in [6.07, 6.45) is 64.9. The van der Waals surface area contributed by atoms with Crippen LogP contribution >= 0.6 is 0 Å². The van der Waals surface area contributed by atoms with Gasteiger partial charge in [0.2, 0.25) is 0 Å². The Hall–Kier alpha value is -1.85. The lowest BCUT2D eigenvalue weighted by Crippen LogP contribution is -2.30. The van der Waals surface area contributed by atoms with Crippen LogP contribution in [0.2, 0.25) is 0 Å². The first kappa shape index (κ1) is 65.1. The third kappa shape index (κ3) is 55.0. The van der Waals surface area contributed by atoms with Crippen molar-refractivity contribution in [2.45, 2.75) is 348 Å². The van der Waals surface area contributed by atoms with E-state index in [0.29, 0.717) is 19.3 Å². The van der Waals surface area contributed by atoms with Gasteiger partial charge in [0.15, 0.2) is 6.10 Å². The van der Waals surface area contributed by atoms with E-state index in [-0.39, 0.29) is 31.1 Å². The SMILES string of the molecule is CCCCCCC/C=C\CCCCCCCC(=O)OCC(COC(=O)CCCCCCCCCCCCCCCCCCCCC)OC(=O)CCCCCCCCCCCCCCCCCC. The highest BCUT2D eigenvalue weighted by Crippen LogP contribution is 2.18. The van der Waals surface area contributed by atoms with Gasteiger partial charge < -0.3 is 14.2 Å². The molecular formula is C61H116O6. The van der Waals surface area contributed by atoms with Gasteiger partial charge in [-0.25, -0.2) is 0 Å². The third-order valence-corrected chi connectivity index (χ3v) is 13.8. The van der Waals surface area contributed by atoms with E-state index >= 15 is 0 Å². The second-order valence-electron chi connectivity index (χ2n) is 20.6. The average molecular weight is 946 g/mol. The predicted octanol–water partition coefficient (Wildman–Crippen LogP) is 20.1. The normalized spacial score (nSPS) is 12.0. The number of carbonyl (C=O) groups is 3. The highest BCUT2D eigenvalue weighted by atomic mass is 16.6. The van der Waals surface area contributed by atoms with Gasteiger partial charge in [-0.05, 0) is 44.9 Å². The lowest BCUT2D eigenvalue weighted by Gasteiger charge is -2.18. The van der Waals surface area contributed by atoms with Crippen LogP contribution in [0.1, 0.15) is 342 Å². The molecule has 0 amide bonds. The Morgan fingerprint density at radius 1 is 0.284 bits per heavy atom. The fraction of sp³-hybridized carbons (Fsp3) is 0.918. The highest BCUT2D eigenvalue weighted by molar-refractivity contribution is 5.71. The molecule has 0 rings (SSSR count). The zero-order valence-electron chi connectivity index (χ0n) is 45.5. The minimum atomic E-state index is -0.768. The van der Waals surface area contributed by atoms with Crippen LogP contribution in [0, 0.1) is 0 Å². The maximum absolute atomic E-state index is 12.9. The van der Waals surface area contributed by atoms with Crippen molar-refractivity contribution in [3.63, 3.8) is 0 Å². The van der Waals surface area contributed by atoms with Crippen molar-refractivity contribution in [1.29, 1.82) is 0 Å². The van der Waals surface area contributed by atoms with Crippen LogP contribution < -0.4 is 0 Å². The summed E-state index contributed by atoms with van der Waals surface area (Å²) < 4.78 is 16.9. The number of rotatable bonds is 56. The summed E-state index contributed by atoms with van der Waals surface area (Å²) in [7, 11) is 0. The molecule has 0 fully saturated rings. The molecule has 6 heteroatoms. The molecule has 0 aliphatic carbocycles. The molecule has 1 atom stereocenters. The van der Waals surface area contributed by atoms with E-state index in [4.69, 9.17) is 14.2 Å². The molecule has 0 radical (unpaired) electrons. The number of allylic oxidation sites excluding steroid dienone is 2. The van der Waals surface area contributed by atoms with E-state index < -0.39 is 6.10 Å². The van der Waals surface area contributed by atoms with Gasteiger partial charge >= 0.3 is 17.9 Å². The van der Waals surface area contributed by atoms with Crippen LogP contribution in [-0.4, -0.2) is 37.2 Å². The number of unbranched alkanes of at least 4 members (excludes halogenated alkanes) is 43. The van der Waals surface area contributed by atoms with E-state index in [1.54, 1.807) is 0 Å². The van der Waals surface area contributed by atoms with Crippen molar-refractivity contribution in [2.24, 2.45) is 0 Å². The van der Waals surface area contributed by atoms with Crippen LogP contribution in [0.5, 0.6) is 0 Å². The monoisotopic (exact) mass is 945 g/mol. The van der Waals surface area contributed by atoms with Crippen molar-refractivity contribution in [3.8, 4) is 0 Å². The molecule has 0 aliphatic rings. The van der Waals surface area contributed by atoms with Gasteiger partial charge in [0, 0.05) is 19.3 Å². The molecule has 0 bridgehead atoms. The molecule has 0 N–H and O–H groups in total. The highest BCUT2D eigenvalue weighted by Gasteiger charge is 2.19. The Morgan fingerprint density at radius 3 is 0.746 bits per heavy atom. The van der Waals surface area contributed by atoms with E-state index in [0.717, 1.165) is 64.2 Å². The Kier molecular flexibility index (Phi) is 55.2. The third-order valence-electron chi connectivity index (χ3n) is 13.8. The molecule has 0 aromatic heterocycles. The van der Waals surface area contributed by atoms with Crippen LogP contribution in [0.15, 0.2) is 12.2 Å². The first-order chi connectivity index (χ1) is 33.0. The molecule has 0 saturated carbocycles. The van der Waals surface area contributed by atoms with Gasteiger partial charge in [0.25, 0.3) is 0 Å². The van der Waals surface area contributed by atoms with Crippen molar-refractivity contribution in [2.75, 3.05) is 13.2 Å². The topological polar surface area (TPSA) is 78.9 Å². The zero-order chi connectivity index (χ0) is 48.6. The van der Waals surface area contributed by atoms with E-state index in [2.05, 4.69) is 32.9 Å². The maximum Gasteiger partial charge on any atom is 0.306 e. The minimum Gasteiger partial charge on any atom is -0.462 e. The van der Waals surface area contributed by atoms with E-state index in [1.165, 1.54) is 238 Å². The summed E-state index contributed by atoms with van der Waals surface area (Å²) in [6, 6.07) is 0. The number of carbonyl (C=O) groups excluding carboxylic acids is 3. The smallest absolute Gasteiger partial charge is 0.306 e. The summed E-state index contributed by atoms with van der Waals surface area (Å²) in [5.74, 6) is -0.848. The summed E-state index contributed by atoms with van der Waals surface area (Å²) in [5, 5.41) is 0. The van der Waals surface area contributed by atoms with Gasteiger partial charge in [-0.2, -0.15) is 0 Å². The molecule has 0 aromatic rings. The summed E-state index contributed by atoms with van der Waals surface area (Å²) in [4.78, 5) is 38.2. The van der Waals surface area contributed by atoms with E-state index in [1.807, 2.05) is 0 Å². The van der Waals surface area contributed by atoms with Crippen molar-refractivity contribution in [3.05, 3.63) is 12.2 Å². The van der Waals surface area contributed by atoms with Gasteiger partial charge in [-0.3, -0.25) is 14.4 Å². The van der Waals surface area contributed by atoms with Gasteiger partial charge in [-0.1, -0.05) is 290 Å². The molecule has 1 unspecified atom stereocenters. The first-order valence-corrected chi connectivity index (χ1v) is 30.2. The molecule has 0 aromatic carbocycles. The lowest BCUT2D eigenvalue weighted by atomic mass is 10.0. The maximum atomic E-state index is 12.9. The van der Waals surface area contributed by atoms with Crippen molar-refractivity contribution >= 4 is 17.9 Å². The Bertz CT molecular complexity index is 1040. The van der Waals surface area contributed by atoms with Gasteiger partial charge in [0.1, 0.15) is 13.2 Å². The molecule has 0 spiro atoms. The summed E-state index contributed by atoms with van der Waals surface area (Å²) in [5.41, 5.74) is 0. The largest absolute Gasteiger partial charge is 0.462 e. The average Bonchev–Trinajstić information content (AvgIpc) is 3.33. The molecular weight excluding hydrogens is 829 g/mol. The Labute approximate surface area is 418 Å². The second-order valence-corrected chi connectivity index (χ2v) is 20.6. The summed E-state index contributed by atoms with van der Waals surface area (Å²) in [6.45, 7) is 6.69. The number of hydrogen-bond donors (Lipinski definition) is 0. The van der Waals surface area contributed by atoms with Crippen LogP contribution in [0.25, 0.3) is 0 Å². The Balaban J connectivity index is 4.29. The number of esters is 3. The minimum absolute atomic E-state index is 0.0662. The standard InChI is InChI=1S/C61H116O6/c1-4-7-10-13-16-19-22-25-28-30-31-32-34-36-39-42-45-48-51-54-60(63)66-57-58(56-65-59(62)53-50-47-44-41-38-35-27-24-21-18-15-12-9-6-3)67-61(64)55-52-49-46-43-40-37-33-29-26-23-20-17-14-11-8-5-2/h24,27,58H,4-23,25-26,28-57H2,1-3H3/b27-24-. The molecule has 0 saturated heterocycles. The first-order valence-electron chi connectivity index (χ1n) is 30.2. The van der Waals surface area contributed by atoms with Crippen LogP contribution in [0.4, 0.5) is 0 Å². The van der Waals surface area contributed by atoms with Crippen molar-refractivity contribution < 1.29 is 28.6 Å². The zero-order valence-corrected chi connectivity index (χ0v) is 45.5. The van der Waals surface area contributed by atoms with E-state index in [9.17, 15) is 14.4 Å². The lowest BCUT2D eigenvalue weighted by molar-refractivity contribution is -0.167. The van der Waals surface area contributed by atoms with Gasteiger partial charge in [-0.15, -0.1) is 0 Å². The Morgan fingerprint density at radius 2 is 0.493 bits per heavy atom. The molecule has 396 valence electrons.